The van der Waals surface area contributed by atoms with Crippen LogP contribution in [0.25, 0.3) is 5.69 Å². The summed E-state index contributed by atoms with van der Waals surface area (Å²) in [5, 5.41) is 8.97. The lowest BCUT2D eigenvalue weighted by Gasteiger charge is -2.07. The molecule has 0 amide bonds. The van der Waals surface area contributed by atoms with Gasteiger partial charge in [-0.2, -0.15) is 5.26 Å². The minimum absolute atomic E-state index is 0.343. The van der Waals surface area contributed by atoms with Crippen molar-refractivity contribution in [3.05, 3.63) is 53.9 Å². The fourth-order valence-corrected chi connectivity index (χ4v) is 1.69. The number of benzene rings is 1. The average molecular weight is 240 g/mol. The van der Waals surface area contributed by atoms with Crippen molar-refractivity contribution in [3.63, 3.8) is 0 Å². The first-order valence-corrected chi connectivity index (χ1v) is 5.61. The number of ether oxygens (including phenoxy) is 1. The summed E-state index contributed by atoms with van der Waals surface area (Å²) in [6.07, 6.45) is 1.78. The van der Waals surface area contributed by atoms with Gasteiger partial charge in [-0.15, -0.1) is 0 Å². The van der Waals surface area contributed by atoms with E-state index < -0.39 is 0 Å². The Morgan fingerprint density at radius 1 is 1.39 bits per heavy atom. The zero-order valence-electron chi connectivity index (χ0n) is 9.96. The van der Waals surface area contributed by atoms with Gasteiger partial charge in [-0.3, -0.25) is 0 Å². The molecule has 0 bridgehead atoms. The van der Waals surface area contributed by atoms with E-state index in [1.54, 1.807) is 48.0 Å². The molecule has 0 spiro atoms. The van der Waals surface area contributed by atoms with Crippen LogP contribution in [0.1, 0.15) is 23.0 Å². The number of hydrogen-bond acceptors (Lipinski definition) is 3. The number of hydrogen-bond donors (Lipinski definition) is 0. The van der Waals surface area contributed by atoms with Crippen LogP contribution in [0.2, 0.25) is 0 Å². The largest absolute Gasteiger partial charge is 0.462 e. The van der Waals surface area contributed by atoms with Gasteiger partial charge in [0.05, 0.1) is 12.2 Å². The molecule has 0 radical (unpaired) electrons. The molecule has 2 rings (SSSR count). The maximum absolute atomic E-state index is 11.6. The summed E-state index contributed by atoms with van der Waals surface area (Å²) >= 11 is 0. The highest BCUT2D eigenvalue weighted by molar-refractivity contribution is 5.90. The van der Waals surface area contributed by atoms with E-state index in [9.17, 15) is 4.79 Å². The number of esters is 1. The standard InChI is InChI=1S/C14H12N2O2/c1-2-18-14(17)11-5-3-6-12(9-11)16-8-4-7-13(16)10-15/h3-9H,2H2,1H3. The molecule has 4 heteroatoms. The molecule has 90 valence electrons. The summed E-state index contributed by atoms with van der Waals surface area (Å²) in [5.74, 6) is -0.356. The second-order valence-corrected chi connectivity index (χ2v) is 3.65. The summed E-state index contributed by atoms with van der Waals surface area (Å²) in [7, 11) is 0. The van der Waals surface area contributed by atoms with Crippen molar-refractivity contribution in [2.45, 2.75) is 6.92 Å². The minimum atomic E-state index is -0.356. The van der Waals surface area contributed by atoms with Crippen LogP contribution in [0.15, 0.2) is 42.6 Å². The lowest BCUT2D eigenvalue weighted by Crippen LogP contribution is -2.05. The molecule has 0 atom stereocenters. The molecule has 18 heavy (non-hydrogen) atoms. The van der Waals surface area contributed by atoms with Crippen molar-refractivity contribution in [1.82, 2.24) is 4.57 Å². The Balaban J connectivity index is 2.39. The smallest absolute Gasteiger partial charge is 0.338 e. The molecule has 0 saturated heterocycles. The summed E-state index contributed by atoms with van der Waals surface area (Å²) in [5.41, 5.74) is 1.77. The van der Waals surface area contributed by atoms with E-state index in [1.807, 2.05) is 6.07 Å². The topological polar surface area (TPSA) is 55.0 Å². The molecule has 1 heterocycles. The molecule has 0 aliphatic heterocycles. The van der Waals surface area contributed by atoms with E-state index in [0.717, 1.165) is 5.69 Å². The summed E-state index contributed by atoms with van der Waals surface area (Å²) in [6.45, 7) is 2.11. The molecule has 2 aromatic rings. The SMILES string of the molecule is CCOC(=O)c1cccc(-n2cccc2C#N)c1. The van der Waals surface area contributed by atoms with Crippen molar-refractivity contribution in [3.8, 4) is 11.8 Å². The first kappa shape index (κ1) is 11.9. The second-order valence-electron chi connectivity index (χ2n) is 3.65. The zero-order valence-corrected chi connectivity index (χ0v) is 9.96. The highest BCUT2D eigenvalue weighted by Gasteiger charge is 2.08. The third kappa shape index (κ3) is 2.25. The highest BCUT2D eigenvalue weighted by atomic mass is 16.5. The van der Waals surface area contributed by atoms with Gasteiger partial charge >= 0.3 is 5.97 Å². The van der Waals surface area contributed by atoms with Crippen LogP contribution in [-0.4, -0.2) is 17.1 Å². The monoisotopic (exact) mass is 240 g/mol. The maximum Gasteiger partial charge on any atom is 0.338 e. The quantitative estimate of drug-likeness (QED) is 0.774. The van der Waals surface area contributed by atoms with Crippen LogP contribution >= 0.6 is 0 Å². The number of aromatic nitrogens is 1. The van der Waals surface area contributed by atoms with E-state index in [2.05, 4.69) is 6.07 Å². The van der Waals surface area contributed by atoms with Crippen LogP contribution in [-0.2, 0) is 4.74 Å². The molecule has 1 aromatic carbocycles. The van der Waals surface area contributed by atoms with Crippen molar-refractivity contribution in [2.24, 2.45) is 0 Å². The lowest BCUT2D eigenvalue weighted by atomic mass is 10.2. The number of carbonyl (C=O) groups is 1. The summed E-state index contributed by atoms with van der Waals surface area (Å²) < 4.78 is 6.67. The summed E-state index contributed by atoms with van der Waals surface area (Å²) in [4.78, 5) is 11.6. The number of nitriles is 1. The molecule has 4 nitrogen and oxygen atoms in total. The lowest BCUT2D eigenvalue weighted by molar-refractivity contribution is 0.0526. The Hall–Kier alpha value is -2.54. The number of rotatable bonds is 3. The van der Waals surface area contributed by atoms with Crippen molar-refractivity contribution >= 4 is 5.97 Å². The number of nitrogens with zero attached hydrogens (tertiary/aromatic N) is 2. The van der Waals surface area contributed by atoms with Gasteiger partial charge in [0, 0.05) is 11.9 Å². The van der Waals surface area contributed by atoms with Gasteiger partial charge in [-0.05, 0) is 37.3 Å². The van der Waals surface area contributed by atoms with Gasteiger partial charge < -0.3 is 9.30 Å². The fourth-order valence-electron chi connectivity index (χ4n) is 1.69. The molecule has 0 fully saturated rings. The molecule has 0 aliphatic rings. The van der Waals surface area contributed by atoms with Crippen LogP contribution < -0.4 is 0 Å². The third-order valence-electron chi connectivity index (χ3n) is 2.50. The Labute approximate surface area is 105 Å². The van der Waals surface area contributed by atoms with Gasteiger partial charge in [0.1, 0.15) is 11.8 Å². The fraction of sp³-hybridized carbons (Fsp3) is 0.143. The molecular formula is C14H12N2O2. The van der Waals surface area contributed by atoms with E-state index in [4.69, 9.17) is 10.00 Å². The van der Waals surface area contributed by atoms with Crippen molar-refractivity contribution in [1.29, 1.82) is 5.26 Å². The zero-order chi connectivity index (χ0) is 13.0. The molecule has 1 aromatic heterocycles. The van der Waals surface area contributed by atoms with Crippen LogP contribution in [0, 0.1) is 11.3 Å². The Morgan fingerprint density at radius 3 is 2.94 bits per heavy atom. The van der Waals surface area contributed by atoms with Gasteiger partial charge in [-0.1, -0.05) is 6.07 Å². The maximum atomic E-state index is 11.6. The van der Waals surface area contributed by atoms with Gasteiger partial charge in [0.2, 0.25) is 0 Å². The molecule has 0 aliphatic carbocycles. The van der Waals surface area contributed by atoms with Crippen LogP contribution in [0.4, 0.5) is 0 Å². The van der Waals surface area contributed by atoms with E-state index in [0.29, 0.717) is 17.9 Å². The van der Waals surface area contributed by atoms with Crippen molar-refractivity contribution < 1.29 is 9.53 Å². The predicted molar refractivity (Wildman–Crippen MR) is 66.4 cm³/mol. The second kappa shape index (κ2) is 5.19. The normalized spacial score (nSPS) is 9.78. The minimum Gasteiger partial charge on any atom is -0.462 e. The summed E-state index contributed by atoms with van der Waals surface area (Å²) in [6, 6.07) is 12.6. The van der Waals surface area contributed by atoms with Gasteiger partial charge in [0.15, 0.2) is 0 Å². The Kier molecular flexibility index (Phi) is 3.44. The van der Waals surface area contributed by atoms with Crippen LogP contribution in [0.3, 0.4) is 0 Å². The molecule has 0 N–H and O–H groups in total. The van der Waals surface area contributed by atoms with Crippen molar-refractivity contribution in [2.75, 3.05) is 6.61 Å². The van der Waals surface area contributed by atoms with Crippen LogP contribution in [0.5, 0.6) is 0 Å². The van der Waals surface area contributed by atoms with E-state index in [-0.39, 0.29) is 5.97 Å². The predicted octanol–water partition coefficient (Wildman–Crippen LogP) is 2.53. The highest BCUT2D eigenvalue weighted by Crippen LogP contribution is 2.14. The van der Waals surface area contributed by atoms with E-state index in [1.165, 1.54) is 0 Å². The Morgan fingerprint density at radius 2 is 2.22 bits per heavy atom. The first-order chi connectivity index (χ1) is 8.76. The Bertz CT molecular complexity index is 608. The molecule has 0 saturated carbocycles. The third-order valence-corrected chi connectivity index (χ3v) is 2.50. The first-order valence-electron chi connectivity index (χ1n) is 5.61. The van der Waals surface area contributed by atoms with Gasteiger partial charge in [0.25, 0.3) is 0 Å². The van der Waals surface area contributed by atoms with Gasteiger partial charge in [-0.25, -0.2) is 4.79 Å². The average Bonchev–Trinajstić information content (AvgIpc) is 2.87. The number of carbonyl (C=O) groups excluding carboxylic acids is 1. The molecular weight excluding hydrogens is 228 g/mol. The van der Waals surface area contributed by atoms with E-state index >= 15 is 0 Å². The molecule has 0 unspecified atom stereocenters.